The van der Waals surface area contributed by atoms with Gasteiger partial charge in [-0.15, -0.1) is 0 Å². The molecule has 0 aliphatic carbocycles. The third-order valence-corrected chi connectivity index (χ3v) is 4.11. The first-order chi connectivity index (χ1) is 13.0. The molecule has 0 fully saturated rings. The Balaban J connectivity index is 2.24. The summed E-state index contributed by atoms with van der Waals surface area (Å²) in [6.07, 6.45) is 0.0515. The molecular weight excluding hydrogens is 346 g/mol. The van der Waals surface area contributed by atoms with Gasteiger partial charge in [-0.1, -0.05) is 29.8 Å². The standard InChI is InChI=1S/C21H25NO5/c1-5-27-20(23)13-17(15-8-6-14(2)7-9-15)22-21(24)16-10-11-18(25-3)19(12-16)26-4/h6-12,17H,5,13H2,1-4H3,(H,22,24)/t17-/m1/s1. The fourth-order valence-electron chi connectivity index (χ4n) is 2.66. The normalized spacial score (nSPS) is 11.4. The smallest absolute Gasteiger partial charge is 0.308 e. The van der Waals surface area contributed by atoms with Crippen molar-refractivity contribution < 1.29 is 23.8 Å². The molecule has 0 saturated carbocycles. The van der Waals surface area contributed by atoms with E-state index in [1.165, 1.54) is 14.2 Å². The van der Waals surface area contributed by atoms with Crippen LogP contribution in [0.25, 0.3) is 0 Å². The molecule has 0 bridgehead atoms. The second kappa shape index (κ2) is 9.62. The highest BCUT2D eigenvalue weighted by Crippen LogP contribution is 2.28. The van der Waals surface area contributed by atoms with Crippen molar-refractivity contribution in [1.82, 2.24) is 5.32 Å². The largest absolute Gasteiger partial charge is 0.493 e. The minimum atomic E-state index is -0.495. The van der Waals surface area contributed by atoms with Gasteiger partial charge in [-0.2, -0.15) is 0 Å². The second-order valence-electron chi connectivity index (χ2n) is 6.02. The first kappa shape index (κ1) is 20.3. The summed E-state index contributed by atoms with van der Waals surface area (Å²) >= 11 is 0. The van der Waals surface area contributed by atoms with Crippen molar-refractivity contribution in [2.75, 3.05) is 20.8 Å². The first-order valence-electron chi connectivity index (χ1n) is 8.73. The first-order valence-corrected chi connectivity index (χ1v) is 8.73. The Labute approximate surface area is 159 Å². The van der Waals surface area contributed by atoms with Crippen LogP contribution in [0.4, 0.5) is 0 Å². The zero-order chi connectivity index (χ0) is 19.8. The number of amides is 1. The van der Waals surface area contributed by atoms with Gasteiger partial charge in [-0.05, 0) is 37.6 Å². The Morgan fingerprint density at radius 2 is 1.67 bits per heavy atom. The minimum absolute atomic E-state index is 0.0515. The molecule has 0 aromatic heterocycles. The predicted octanol–water partition coefficient (Wildman–Crippen LogP) is 3.44. The highest BCUT2D eigenvalue weighted by molar-refractivity contribution is 5.95. The molecule has 6 nitrogen and oxygen atoms in total. The highest BCUT2D eigenvalue weighted by Gasteiger charge is 2.21. The number of hydrogen-bond donors (Lipinski definition) is 1. The molecule has 27 heavy (non-hydrogen) atoms. The van der Waals surface area contributed by atoms with E-state index >= 15 is 0 Å². The summed E-state index contributed by atoms with van der Waals surface area (Å²) < 4.78 is 15.5. The van der Waals surface area contributed by atoms with Crippen LogP contribution in [0.1, 0.15) is 40.9 Å². The van der Waals surface area contributed by atoms with E-state index in [-0.39, 0.29) is 18.3 Å². The third-order valence-electron chi connectivity index (χ3n) is 4.11. The van der Waals surface area contributed by atoms with Crippen LogP contribution in [0.15, 0.2) is 42.5 Å². The molecule has 1 atom stereocenters. The van der Waals surface area contributed by atoms with E-state index in [0.29, 0.717) is 23.7 Å². The van der Waals surface area contributed by atoms with E-state index < -0.39 is 6.04 Å². The average Bonchev–Trinajstić information content (AvgIpc) is 2.67. The van der Waals surface area contributed by atoms with E-state index in [2.05, 4.69) is 5.32 Å². The van der Waals surface area contributed by atoms with Crippen LogP contribution in [0.5, 0.6) is 11.5 Å². The molecule has 2 aromatic rings. The maximum absolute atomic E-state index is 12.7. The highest BCUT2D eigenvalue weighted by atomic mass is 16.5. The molecule has 144 valence electrons. The Kier molecular flexibility index (Phi) is 7.23. The molecule has 2 rings (SSSR count). The number of carbonyl (C=O) groups is 2. The fourth-order valence-corrected chi connectivity index (χ4v) is 2.66. The van der Waals surface area contributed by atoms with Crippen molar-refractivity contribution in [3.63, 3.8) is 0 Å². The van der Waals surface area contributed by atoms with Gasteiger partial charge in [0.2, 0.25) is 0 Å². The lowest BCUT2D eigenvalue weighted by molar-refractivity contribution is -0.143. The minimum Gasteiger partial charge on any atom is -0.493 e. The lowest BCUT2D eigenvalue weighted by Gasteiger charge is -2.19. The van der Waals surface area contributed by atoms with Gasteiger partial charge in [0.05, 0.1) is 33.3 Å². The van der Waals surface area contributed by atoms with Crippen LogP contribution in [0, 0.1) is 6.92 Å². The van der Waals surface area contributed by atoms with E-state index in [9.17, 15) is 9.59 Å². The van der Waals surface area contributed by atoms with Gasteiger partial charge >= 0.3 is 5.97 Å². The Hall–Kier alpha value is -3.02. The third kappa shape index (κ3) is 5.48. The molecule has 0 aliphatic rings. The zero-order valence-electron chi connectivity index (χ0n) is 16.1. The quantitative estimate of drug-likeness (QED) is 0.720. The lowest BCUT2D eigenvalue weighted by Crippen LogP contribution is -2.30. The van der Waals surface area contributed by atoms with E-state index in [1.807, 2.05) is 31.2 Å². The number of esters is 1. The number of ether oxygens (including phenoxy) is 3. The number of nitrogens with one attached hydrogen (secondary N) is 1. The summed E-state index contributed by atoms with van der Waals surface area (Å²) in [7, 11) is 3.04. The number of hydrogen-bond acceptors (Lipinski definition) is 5. The lowest BCUT2D eigenvalue weighted by atomic mass is 10.0. The fraction of sp³-hybridized carbons (Fsp3) is 0.333. The molecule has 6 heteroatoms. The topological polar surface area (TPSA) is 73.9 Å². The second-order valence-corrected chi connectivity index (χ2v) is 6.02. The van der Waals surface area contributed by atoms with Crippen LogP contribution in [-0.4, -0.2) is 32.7 Å². The number of carbonyl (C=O) groups excluding carboxylic acids is 2. The summed E-state index contributed by atoms with van der Waals surface area (Å²) in [5.41, 5.74) is 2.34. The van der Waals surface area contributed by atoms with Crippen LogP contribution in [-0.2, 0) is 9.53 Å². The van der Waals surface area contributed by atoms with Gasteiger partial charge < -0.3 is 19.5 Å². The summed E-state index contributed by atoms with van der Waals surface area (Å²) in [6, 6.07) is 12.1. The van der Waals surface area contributed by atoms with Crippen molar-refractivity contribution in [3.8, 4) is 11.5 Å². The van der Waals surface area contributed by atoms with Crippen molar-refractivity contribution in [3.05, 3.63) is 59.2 Å². The molecule has 0 heterocycles. The van der Waals surface area contributed by atoms with Crippen molar-refractivity contribution in [2.45, 2.75) is 26.3 Å². The van der Waals surface area contributed by atoms with Gasteiger partial charge in [-0.25, -0.2) is 0 Å². The van der Waals surface area contributed by atoms with Gasteiger partial charge in [0.15, 0.2) is 11.5 Å². The van der Waals surface area contributed by atoms with Gasteiger partial charge in [-0.3, -0.25) is 9.59 Å². The van der Waals surface area contributed by atoms with E-state index in [1.54, 1.807) is 25.1 Å². The van der Waals surface area contributed by atoms with Crippen LogP contribution in [0.3, 0.4) is 0 Å². The van der Waals surface area contributed by atoms with Crippen LogP contribution < -0.4 is 14.8 Å². The molecule has 0 radical (unpaired) electrons. The molecule has 1 N–H and O–H groups in total. The predicted molar refractivity (Wildman–Crippen MR) is 102 cm³/mol. The van der Waals surface area contributed by atoms with Crippen LogP contribution >= 0.6 is 0 Å². The van der Waals surface area contributed by atoms with Crippen molar-refractivity contribution in [2.24, 2.45) is 0 Å². The molecule has 2 aromatic carbocycles. The van der Waals surface area contributed by atoms with Gasteiger partial charge in [0.25, 0.3) is 5.91 Å². The SMILES string of the molecule is CCOC(=O)C[C@@H](NC(=O)c1ccc(OC)c(OC)c1)c1ccc(C)cc1. The monoisotopic (exact) mass is 371 g/mol. The number of aryl methyl sites for hydroxylation is 1. The Morgan fingerprint density at radius 3 is 2.26 bits per heavy atom. The maximum atomic E-state index is 12.7. The summed E-state index contributed by atoms with van der Waals surface area (Å²) in [4.78, 5) is 24.7. The number of methoxy groups -OCH3 is 2. The molecule has 0 unspecified atom stereocenters. The van der Waals surface area contributed by atoms with E-state index in [0.717, 1.165) is 11.1 Å². The van der Waals surface area contributed by atoms with E-state index in [4.69, 9.17) is 14.2 Å². The maximum Gasteiger partial charge on any atom is 0.308 e. The zero-order valence-corrected chi connectivity index (χ0v) is 16.1. The molecule has 0 saturated heterocycles. The summed E-state index contributed by atoms with van der Waals surface area (Å²) in [5, 5.41) is 2.91. The van der Waals surface area contributed by atoms with Gasteiger partial charge in [0.1, 0.15) is 0 Å². The Bertz CT molecular complexity index is 786. The number of rotatable bonds is 8. The number of benzene rings is 2. The molecule has 1 amide bonds. The Morgan fingerprint density at radius 1 is 1.00 bits per heavy atom. The molecule has 0 aliphatic heterocycles. The molecule has 0 spiro atoms. The summed E-state index contributed by atoms with van der Waals surface area (Å²) in [5.74, 6) is 0.319. The van der Waals surface area contributed by atoms with Gasteiger partial charge in [0, 0.05) is 5.56 Å². The van der Waals surface area contributed by atoms with Crippen LogP contribution in [0.2, 0.25) is 0 Å². The van der Waals surface area contributed by atoms with Crippen molar-refractivity contribution in [1.29, 1.82) is 0 Å². The molecular formula is C21H25NO5. The van der Waals surface area contributed by atoms with Crippen molar-refractivity contribution >= 4 is 11.9 Å². The summed E-state index contributed by atoms with van der Waals surface area (Å²) in [6.45, 7) is 4.02. The average molecular weight is 371 g/mol.